The minimum Gasteiger partial charge on any atom is -0.375 e. The Morgan fingerprint density at radius 1 is 1.58 bits per heavy atom. The highest BCUT2D eigenvalue weighted by Gasteiger charge is 2.11. The van der Waals surface area contributed by atoms with Crippen molar-refractivity contribution in [2.75, 3.05) is 5.73 Å². The lowest BCUT2D eigenvalue weighted by molar-refractivity contribution is 0.648. The van der Waals surface area contributed by atoms with E-state index in [9.17, 15) is 0 Å². The van der Waals surface area contributed by atoms with Crippen LogP contribution in [0.1, 0.15) is 43.2 Å². The van der Waals surface area contributed by atoms with Crippen molar-refractivity contribution in [3.63, 3.8) is 0 Å². The summed E-state index contributed by atoms with van der Waals surface area (Å²) in [7, 11) is 0. The Morgan fingerprint density at radius 2 is 2.25 bits per heavy atom. The van der Waals surface area contributed by atoms with E-state index in [2.05, 4.69) is 25.8 Å². The molecule has 0 spiro atoms. The minimum absolute atomic E-state index is 0.559. The molecule has 1 heterocycles. The van der Waals surface area contributed by atoms with Gasteiger partial charge in [-0.15, -0.1) is 11.3 Å². The molecule has 12 heavy (non-hydrogen) atoms. The molecule has 0 radical (unpaired) electrons. The van der Waals surface area contributed by atoms with Crippen molar-refractivity contribution in [1.82, 2.24) is 4.98 Å². The Hall–Kier alpha value is -0.570. The highest BCUT2D eigenvalue weighted by atomic mass is 32.1. The highest BCUT2D eigenvalue weighted by Crippen LogP contribution is 2.28. The normalized spacial score (nSPS) is 13.2. The van der Waals surface area contributed by atoms with Crippen LogP contribution in [0.2, 0.25) is 0 Å². The molecule has 0 amide bonds. The van der Waals surface area contributed by atoms with Gasteiger partial charge in [0.15, 0.2) is 5.13 Å². The average molecular weight is 184 g/mol. The maximum Gasteiger partial charge on any atom is 0.180 e. The van der Waals surface area contributed by atoms with Gasteiger partial charge >= 0.3 is 0 Å². The maximum atomic E-state index is 5.62. The summed E-state index contributed by atoms with van der Waals surface area (Å²) >= 11 is 1.59. The molecule has 1 atom stereocenters. The van der Waals surface area contributed by atoms with Crippen molar-refractivity contribution < 1.29 is 0 Å². The van der Waals surface area contributed by atoms with Crippen LogP contribution < -0.4 is 5.73 Å². The molecule has 68 valence electrons. The molecule has 3 heteroatoms. The molecule has 1 aromatic heterocycles. The first-order chi connectivity index (χ1) is 5.65. The van der Waals surface area contributed by atoms with Crippen molar-refractivity contribution >= 4 is 16.5 Å². The van der Waals surface area contributed by atoms with Crippen molar-refractivity contribution in [2.24, 2.45) is 0 Å². The molecule has 0 aromatic carbocycles. The zero-order valence-corrected chi connectivity index (χ0v) is 8.74. The fourth-order valence-corrected chi connectivity index (χ4v) is 2.27. The summed E-state index contributed by atoms with van der Waals surface area (Å²) in [6.07, 6.45) is 2.40. The first-order valence-corrected chi connectivity index (χ1v) is 5.19. The highest BCUT2D eigenvalue weighted by molar-refractivity contribution is 7.15. The molecule has 2 N–H and O–H groups in total. The van der Waals surface area contributed by atoms with Crippen molar-refractivity contribution in [3.05, 3.63) is 10.6 Å². The lowest BCUT2D eigenvalue weighted by Gasteiger charge is -2.06. The summed E-state index contributed by atoms with van der Waals surface area (Å²) in [5.74, 6) is 0.559. The van der Waals surface area contributed by atoms with Gasteiger partial charge in [0.1, 0.15) is 0 Å². The van der Waals surface area contributed by atoms with Crippen molar-refractivity contribution in [2.45, 2.75) is 39.5 Å². The van der Waals surface area contributed by atoms with Crippen LogP contribution in [0.5, 0.6) is 0 Å². The number of rotatable bonds is 3. The zero-order valence-electron chi connectivity index (χ0n) is 7.92. The van der Waals surface area contributed by atoms with Gasteiger partial charge in [0.25, 0.3) is 0 Å². The summed E-state index contributed by atoms with van der Waals surface area (Å²) < 4.78 is 0. The number of nitrogens with two attached hydrogens (primary N) is 1. The van der Waals surface area contributed by atoms with Crippen LogP contribution in [-0.2, 0) is 0 Å². The quantitative estimate of drug-likeness (QED) is 0.784. The van der Waals surface area contributed by atoms with Crippen molar-refractivity contribution in [3.8, 4) is 0 Å². The monoisotopic (exact) mass is 184 g/mol. The van der Waals surface area contributed by atoms with E-state index in [1.165, 1.54) is 23.4 Å². The van der Waals surface area contributed by atoms with E-state index in [-0.39, 0.29) is 0 Å². The molecule has 1 aromatic rings. The van der Waals surface area contributed by atoms with Crippen LogP contribution >= 0.6 is 11.3 Å². The Kier molecular flexibility index (Phi) is 3.09. The Labute approximate surface area is 77.8 Å². The van der Waals surface area contributed by atoms with Gasteiger partial charge in [-0.25, -0.2) is 4.98 Å². The summed E-state index contributed by atoms with van der Waals surface area (Å²) in [6, 6.07) is 0. The fraction of sp³-hybridized carbons (Fsp3) is 0.667. The van der Waals surface area contributed by atoms with Crippen LogP contribution in [0.15, 0.2) is 0 Å². The smallest absolute Gasteiger partial charge is 0.180 e. The summed E-state index contributed by atoms with van der Waals surface area (Å²) in [6.45, 7) is 6.50. The Bertz CT molecular complexity index is 255. The molecule has 0 saturated heterocycles. The van der Waals surface area contributed by atoms with Gasteiger partial charge in [0.2, 0.25) is 0 Å². The topological polar surface area (TPSA) is 38.9 Å². The minimum atomic E-state index is 0.559. The molecule has 0 bridgehead atoms. The fourth-order valence-electron chi connectivity index (χ4n) is 1.46. The second-order valence-corrected chi connectivity index (χ2v) is 4.42. The van der Waals surface area contributed by atoms with Gasteiger partial charge in [-0.3, -0.25) is 0 Å². The third-order valence-corrected chi connectivity index (χ3v) is 2.85. The SMILES string of the molecule is CCCC(C)c1nc(N)sc1C. The first-order valence-electron chi connectivity index (χ1n) is 4.38. The number of anilines is 1. The molecule has 0 aliphatic carbocycles. The lowest BCUT2D eigenvalue weighted by atomic mass is 10.0. The zero-order chi connectivity index (χ0) is 9.14. The van der Waals surface area contributed by atoms with Gasteiger partial charge in [-0.2, -0.15) is 0 Å². The lowest BCUT2D eigenvalue weighted by Crippen LogP contribution is -1.95. The molecular formula is C9H16N2S. The number of aryl methyl sites for hydroxylation is 1. The van der Waals surface area contributed by atoms with Gasteiger partial charge < -0.3 is 5.73 Å². The van der Waals surface area contributed by atoms with Gasteiger partial charge in [-0.05, 0) is 19.3 Å². The number of hydrogen-bond donors (Lipinski definition) is 1. The van der Waals surface area contributed by atoms with Crippen LogP contribution in [0, 0.1) is 6.92 Å². The van der Waals surface area contributed by atoms with E-state index in [4.69, 9.17) is 5.73 Å². The number of nitrogens with zero attached hydrogens (tertiary/aromatic N) is 1. The van der Waals surface area contributed by atoms with Crippen LogP contribution in [0.25, 0.3) is 0 Å². The van der Waals surface area contributed by atoms with Gasteiger partial charge in [0, 0.05) is 4.88 Å². The van der Waals surface area contributed by atoms with E-state index < -0.39 is 0 Å². The van der Waals surface area contributed by atoms with Crippen LogP contribution in [-0.4, -0.2) is 4.98 Å². The molecule has 1 unspecified atom stereocenters. The predicted molar refractivity (Wildman–Crippen MR) is 54.6 cm³/mol. The molecule has 2 nitrogen and oxygen atoms in total. The molecule has 0 fully saturated rings. The molecule has 1 rings (SSSR count). The number of nitrogen functional groups attached to an aromatic ring is 1. The third-order valence-electron chi connectivity index (χ3n) is 2.04. The number of hydrogen-bond acceptors (Lipinski definition) is 3. The van der Waals surface area contributed by atoms with Gasteiger partial charge in [0.05, 0.1) is 5.69 Å². The number of aromatic nitrogens is 1. The van der Waals surface area contributed by atoms with Crippen molar-refractivity contribution in [1.29, 1.82) is 0 Å². The predicted octanol–water partition coefficient (Wildman–Crippen LogP) is 2.94. The Balaban J connectivity index is 2.79. The van der Waals surface area contributed by atoms with E-state index in [0.29, 0.717) is 11.0 Å². The summed E-state index contributed by atoms with van der Waals surface area (Å²) in [5, 5.41) is 0.699. The van der Waals surface area contributed by atoms with E-state index >= 15 is 0 Å². The van der Waals surface area contributed by atoms with Crippen LogP contribution in [0.4, 0.5) is 5.13 Å². The molecule has 0 aliphatic rings. The second kappa shape index (κ2) is 3.90. The van der Waals surface area contributed by atoms with Crippen LogP contribution in [0.3, 0.4) is 0 Å². The Morgan fingerprint density at radius 3 is 2.67 bits per heavy atom. The summed E-state index contributed by atoms with van der Waals surface area (Å²) in [5.41, 5.74) is 6.81. The standard InChI is InChI=1S/C9H16N2S/c1-4-5-6(2)8-7(3)12-9(10)11-8/h6H,4-5H2,1-3H3,(H2,10,11). The first kappa shape index (κ1) is 9.52. The second-order valence-electron chi connectivity index (χ2n) is 3.18. The van der Waals surface area contributed by atoms with E-state index in [1.54, 1.807) is 11.3 Å². The van der Waals surface area contributed by atoms with Gasteiger partial charge in [-0.1, -0.05) is 20.3 Å². The largest absolute Gasteiger partial charge is 0.375 e. The average Bonchev–Trinajstić information content (AvgIpc) is 2.30. The van der Waals surface area contributed by atoms with E-state index in [0.717, 1.165) is 0 Å². The maximum absolute atomic E-state index is 5.62. The number of thiazole rings is 1. The molecule has 0 aliphatic heterocycles. The summed E-state index contributed by atoms with van der Waals surface area (Å²) in [4.78, 5) is 5.60. The molecule has 0 saturated carbocycles. The molecular weight excluding hydrogens is 168 g/mol. The van der Waals surface area contributed by atoms with E-state index in [1.807, 2.05) is 0 Å². The third kappa shape index (κ3) is 1.97.